The highest BCUT2D eigenvalue weighted by Gasteiger charge is 2.22. The average Bonchev–Trinajstić information content (AvgIpc) is 3.29. The molecule has 1 aliphatic carbocycles. The molecule has 0 saturated heterocycles. The first-order valence-electron chi connectivity index (χ1n) is 9.22. The molecule has 3 nitrogen and oxygen atoms in total. The van der Waals surface area contributed by atoms with Crippen molar-refractivity contribution in [3.8, 4) is 0 Å². The average molecular weight is 353 g/mol. The third-order valence-electron chi connectivity index (χ3n) is 5.09. The Bertz CT molecular complexity index is 793. The number of carbonyl (C=O) groups is 1. The Kier molecular flexibility index (Phi) is 4.88. The first-order valence-corrected chi connectivity index (χ1v) is 10.0. The van der Waals surface area contributed by atoms with E-state index < -0.39 is 0 Å². The van der Waals surface area contributed by atoms with Crippen LogP contribution in [0.5, 0.6) is 0 Å². The van der Waals surface area contributed by atoms with Crippen LogP contribution in [-0.4, -0.2) is 19.0 Å². The smallest absolute Gasteiger partial charge is 0.261 e. The second-order valence-electron chi connectivity index (χ2n) is 6.78. The molecule has 0 unspecified atom stereocenters. The van der Waals surface area contributed by atoms with Gasteiger partial charge in [-0.1, -0.05) is 29.8 Å². The summed E-state index contributed by atoms with van der Waals surface area (Å²) in [7, 11) is 0. The van der Waals surface area contributed by atoms with Gasteiger partial charge in [0.2, 0.25) is 0 Å². The molecule has 2 aliphatic rings. The number of para-hydroxylation sites is 1. The van der Waals surface area contributed by atoms with Crippen LogP contribution in [0.2, 0.25) is 0 Å². The molecule has 0 saturated carbocycles. The molecule has 130 valence electrons. The molecule has 1 aromatic carbocycles. The molecule has 2 aromatic rings. The predicted octanol–water partition coefficient (Wildman–Crippen LogP) is 5.06. The molecule has 1 aliphatic heterocycles. The second-order valence-corrected chi connectivity index (χ2v) is 7.84. The highest BCUT2D eigenvalue weighted by Crippen LogP contribution is 2.38. The Morgan fingerprint density at radius 1 is 1.12 bits per heavy atom. The van der Waals surface area contributed by atoms with Gasteiger partial charge in [-0.3, -0.25) is 4.79 Å². The summed E-state index contributed by atoms with van der Waals surface area (Å²) >= 11 is 1.59. The normalized spacial score (nSPS) is 16.5. The Morgan fingerprint density at radius 2 is 2.04 bits per heavy atom. The van der Waals surface area contributed by atoms with E-state index in [2.05, 4.69) is 46.6 Å². The number of benzene rings is 1. The van der Waals surface area contributed by atoms with Crippen molar-refractivity contribution >= 4 is 27.9 Å². The summed E-state index contributed by atoms with van der Waals surface area (Å²) in [5.41, 5.74) is 4.18. The maximum Gasteiger partial charge on any atom is 0.261 e. The van der Waals surface area contributed by atoms with E-state index in [0.717, 1.165) is 35.8 Å². The molecule has 1 aromatic heterocycles. The number of hydrogen-bond acceptors (Lipinski definition) is 3. The topological polar surface area (TPSA) is 32.3 Å². The molecule has 0 bridgehead atoms. The molecule has 0 spiro atoms. The highest BCUT2D eigenvalue weighted by molar-refractivity contribution is 7.18. The molecule has 1 amide bonds. The van der Waals surface area contributed by atoms with E-state index in [1.807, 2.05) is 6.07 Å². The number of thiophene rings is 1. The molecule has 2 heterocycles. The Balaban J connectivity index is 1.36. The van der Waals surface area contributed by atoms with Crippen molar-refractivity contribution in [2.24, 2.45) is 0 Å². The number of rotatable bonds is 5. The first-order chi connectivity index (χ1) is 12.3. The van der Waals surface area contributed by atoms with Gasteiger partial charge in [-0.25, -0.2) is 0 Å². The van der Waals surface area contributed by atoms with Gasteiger partial charge in [0, 0.05) is 18.8 Å². The Hall–Kier alpha value is -2.07. The van der Waals surface area contributed by atoms with Crippen LogP contribution >= 0.6 is 11.3 Å². The lowest BCUT2D eigenvalue weighted by Gasteiger charge is -2.16. The minimum atomic E-state index is 0.0557. The van der Waals surface area contributed by atoms with Crippen molar-refractivity contribution in [1.82, 2.24) is 5.32 Å². The molecule has 1 N–H and O–H groups in total. The molecular weight excluding hydrogens is 328 g/mol. The van der Waals surface area contributed by atoms with Crippen LogP contribution in [0.15, 0.2) is 48.0 Å². The number of nitrogens with one attached hydrogen (secondary N) is 1. The van der Waals surface area contributed by atoms with Gasteiger partial charge in [0.25, 0.3) is 5.91 Å². The minimum absolute atomic E-state index is 0.0557. The largest absolute Gasteiger partial charge is 0.351 e. The molecular formula is C21H24N2OS. The van der Waals surface area contributed by atoms with Crippen molar-refractivity contribution in [3.63, 3.8) is 0 Å². The summed E-state index contributed by atoms with van der Waals surface area (Å²) in [4.78, 5) is 15.5. The maximum absolute atomic E-state index is 12.4. The number of anilines is 2. The van der Waals surface area contributed by atoms with E-state index in [-0.39, 0.29) is 5.91 Å². The number of nitrogens with zero attached hydrogens (tertiary/aromatic N) is 1. The van der Waals surface area contributed by atoms with Crippen LogP contribution in [0.4, 0.5) is 10.7 Å². The summed E-state index contributed by atoms with van der Waals surface area (Å²) < 4.78 is 0. The first kappa shape index (κ1) is 16.4. The van der Waals surface area contributed by atoms with Gasteiger partial charge in [0.05, 0.1) is 9.88 Å². The molecule has 4 heteroatoms. The van der Waals surface area contributed by atoms with Crippen molar-refractivity contribution in [2.75, 3.05) is 18.0 Å². The van der Waals surface area contributed by atoms with Crippen LogP contribution in [0.25, 0.3) is 0 Å². The summed E-state index contributed by atoms with van der Waals surface area (Å²) in [6.07, 6.45) is 9.43. The number of carbonyl (C=O) groups excluding carboxylic acids is 1. The van der Waals surface area contributed by atoms with Crippen LogP contribution in [0.3, 0.4) is 0 Å². The van der Waals surface area contributed by atoms with Gasteiger partial charge < -0.3 is 10.2 Å². The fraction of sp³-hybridized carbons (Fsp3) is 0.381. The third-order valence-corrected chi connectivity index (χ3v) is 6.19. The zero-order valence-corrected chi connectivity index (χ0v) is 15.3. The quantitative estimate of drug-likeness (QED) is 0.763. The van der Waals surface area contributed by atoms with Gasteiger partial charge in [-0.05, 0) is 62.3 Å². The van der Waals surface area contributed by atoms with Crippen molar-refractivity contribution in [1.29, 1.82) is 0 Å². The van der Waals surface area contributed by atoms with E-state index in [1.165, 1.54) is 42.5 Å². The number of hydrogen-bond donors (Lipinski definition) is 1. The zero-order chi connectivity index (χ0) is 17.1. The van der Waals surface area contributed by atoms with Crippen LogP contribution in [0, 0.1) is 0 Å². The zero-order valence-electron chi connectivity index (χ0n) is 14.5. The molecule has 25 heavy (non-hydrogen) atoms. The van der Waals surface area contributed by atoms with E-state index in [9.17, 15) is 4.79 Å². The van der Waals surface area contributed by atoms with Crippen molar-refractivity contribution in [2.45, 2.75) is 38.5 Å². The van der Waals surface area contributed by atoms with E-state index in [4.69, 9.17) is 0 Å². The standard InChI is InChI=1S/C21H24N2OS/c24-21(22-14-12-16-6-2-1-3-7-16)19-10-11-20(25-19)23-15-13-17-8-4-5-9-18(17)23/h4-6,8-11H,1-3,7,12-15H2,(H,22,24). The number of fused-ring (bicyclic) bond motifs is 1. The lowest BCUT2D eigenvalue weighted by Crippen LogP contribution is -2.24. The summed E-state index contributed by atoms with van der Waals surface area (Å²) in [6, 6.07) is 12.6. The molecule has 0 fully saturated rings. The summed E-state index contributed by atoms with van der Waals surface area (Å²) in [5.74, 6) is 0.0557. The van der Waals surface area contributed by atoms with Crippen molar-refractivity contribution in [3.05, 3.63) is 58.5 Å². The van der Waals surface area contributed by atoms with Gasteiger partial charge in [0.1, 0.15) is 0 Å². The highest BCUT2D eigenvalue weighted by atomic mass is 32.1. The van der Waals surface area contributed by atoms with Crippen molar-refractivity contribution < 1.29 is 4.79 Å². The van der Waals surface area contributed by atoms with E-state index >= 15 is 0 Å². The van der Waals surface area contributed by atoms with Gasteiger partial charge in [0.15, 0.2) is 0 Å². The molecule has 4 rings (SSSR count). The van der Waals surface area contributed by atoms with Gasteiger partial charge in [-0.2, -0.15) is 0 Å². The SMILES string of the molecule is O=C(NCCC1=CCCCC1)c1ccc(N2CCc3ccccc32)s1. The van der Waals surface area contributed by atoms with Crippen LogP contribution in [0.1, 0.15) is 47.3 Å². The van der Waals surface area contributed by atoms with E-state index in [0.29, 0.717) is 0 Å². The fourth-order valence-corrected chi connectivity index (χ4v) is 4.68. The fourth-order valence-electron chi connectivity index (χ4n) is 3.72. The van der Waals surface area contributed by atoms with Crippen LogP contribution in [-0.2, 0) is 6.42 Å². The lowest BCUT2D eigenvalue weighted by molar-refractivity contribution is 0.0958. The Labute approximate surface area is 153 Å². The van der Waals surface area contributed by atoms with E-state index in [1.54, 1.807) is 11.3 Å². The second kappa shape index (κ2) is 7.44. The van der Waals surface area contributed by atoms with Crippen LogP contribution < -0.4 is 10.2 Å². The molecule has 0 atom stereocenters. The van der Waals surface area contributed by atoms with Gasteiger partial charge in [-0.15, -0.1) is 11.3 Å². The maximum atomic E-state index is 12.4. The third kappa shape index (κ3) is 3.64. The number of amides is 1. The minimum Gasteiger partial charge on any atom is -0.351 e. The number of allylic oxidation sites excluding steroid dienone is 1. The summed E-state index contributed by atoms with van der Waals surface area (Å²) in [5, 5.41) is 4.24. The van der Waals surface area contributed by atoms with Gasteiger partial charge >= 0.3 is 0 Å². The lowest BCUT2D eigenvalue weighted by atomic mass is 9.97. The predicted molar refractivity (Wildman–Crippen MR) is 105 cm³/mol. The molecule has 0 radical (unpaired) electrons. The summed E-state index contributed by atoms with van der Waals surface area (Å²) in [6.45, 7) is 1.74. The Morgan fingerprint density at radius 3 is 2.92 bits per heavy atom. The monoisotopic (exact) mass is 352 g/mol.